The fourth-order valence-corrected chi connectivity index (χ4v) is 1.89. The SMILES string of the molecule is Cc1ccc(NC(=O)c2ccc(C#N)cc2)c(Cl)c1. The summed E-state index contributed by atoms with van der Waals surface area (Å²) in [6.45, 7) is 1.93. The predicted molar refractivity (Wildman–Crippen MR) is 75.3 cm³/mol. The molecule has 0 saturated carbocycles. The van der Waals surface area contributed by atoms with Gasteiger partial charge in [0.15, 0.2) is 0 Å². The Kier molecular flexibility index (Phi) is 3.84. The molecule has 1 amide bonds. The molecular formula is C15H11ClN2O. The van der Waals surface area contributed by atoms with Crippen molar-refractivity contribution in [2.24, 2.45) is 0 Å². The highest BCUT2D eigenvalue weighted by atomic mass is 35.5. The normalized spacial score (nSPS) is 9.74. The third-order valence-corrected chi connectivity index (χ3v) is 2.96. The monoisotopic (exact) mass is 270 g/mol. The minimum absolute atomic E-state index is 0.254. The van der Waals surface area contributed by atoms with E-state index in [0.29, 0.717) is 21.8 Å². The molecule has 0 atom stereocenters. The summed E-state index contributed by atoms with van der Waals surface area (Å²) in [5, 5.41) is 11.9. The minimum atomic E-state index is -0.254. The van der Waals surface area contributed by atoms with Gasteiger partial charge in [-0.25, -0.2) is 0 Å². The van der Waals surface area contributed by atoms with Gasteiger partial charge in [0.05, 0.1) is 22.3 Å². The Morgan fingerprint density at radius 3 is 2.47 bits per heavy atom. The maximum Gasteiger partial charge on any atom is 0.255 e. The van der Waals surface area contributed by atoms with Gasteiger partial charge in [-0.15, -0.1) is 0 Å². The van der Waals surface area contributed by atoms with Crippen molar-refractivity contribution in [2.75, 3.05) is 5.32 Å². The van der Waals surface area contributed by atoms with E-state index in [1.54, 1.807) is 36.4 Å². The van der Waals surface area contributed by atoms with Crippen molar-refractivity contribution in [1.82, 2.24) is 0 Å². The first kappa shape index (κ1) is 13.1. The van der Waals surface area contributed by atoms with E-state index in [0.717, 1.165) is 5.56 Å². The molecule has 0 aliphatic heterocycles. The molecule has 0 aliphatic carbocycles. The number of aryl methyl sites for hydroxylation is 1. The molecule has 0 fully saturated rings. The molecule has 2 aromatic carbocycles. The van der Waals surface area contributed by atoms with E-state index in [1.807, 2.05) is 19.1 Å². The smallest absolute Gasteiger partial charge is 0.255 e. The van der Waals surface area contributed by atoms with E-state index in [1.165, 1.54) is 0 Å². The quantitative estimate of drug-likeness (QED) is 0.903. The second-order valence-corrected chi connectivity index (χ2v) is 4.53. The number of nitrogens with zero attached hydrogens (tertiary/aromatic N) is 1. The molecule has 0 saturated heterocycles. The lowest BCUT2D eigenvalue weighted by Crippen LogP contribution is -2.12. The first-order valence-electron chi connectivity index (χ1n) is 5.68. The van der Waals surface area contributed by atoms with Gasteiger partial charge >= 0.3 is 0 Å². The van der Waals surface area contributed by atoms with Gasteiger partial charge in [-0.3, -0.25) is 4.79 Å². The number of hydrogen-bond acceptors (Lipinski definition) is 2. The number of nitriles is 1. The third-order valence-electron chi connectivity index (χ3n) is 2.65. The molecule has 2 rings (SSSR count). The van der Waals surface area contributed by atoms with Crippen LogP contribution in [0.25, 0.3) is 0 Å². The molecule has 1 N–H and O–H groups in total. The number of carbonyl (C=O) groups excluding carboxylic acids is 1. The van der Waals surface area contributed by atoms with Crippen molar-refractivity contribution >= 4 is 23.2 Å². The van der Waals surface area contributed by atoms with Crippen LogP contribution in [-0.2, 0) is 0 Å². The number of carbonyl (C=O) groups is 1. The number of amides is 1. The van der Waals surface area contributed by atoms with Crippen molar-refractivity contribution in [1.29, 1.82) is 5.26 Å². The molecular weight excluding hydrogens is 260 g/mol. The fourth-order valence-electron chi connectivity index (χ4n) is 1.61. The van der Waals surface area contributed by atoms with Crippen LogP contribution in [-0.4, -0.2) is 5.91 Å². The van der Waals surface area contributed by atoms with E-state index in [9.17, 15) is 4.79 Å². The number of nitrogens with one attached hydrogen (secondary N) is 1. The third kappa shape index (κ3) is 3.12. The Morgan fingerprint density at radius 2 is 1.89 bits per heavy atom. The zero-order valence-corrected chi connectivity index (χ0v) is 11.0. The molecule has 0 bridgehead atoms. The van der Waals surface area contributed by atoms with Crippen molar-refractivity contribution in [3.63, 3.8) is 0 Å². The summed E-state index contributed by atoms with van der Waals surface area (Å²) in [7, 11) is 0. The summed E-state index contributed by atoms with van der Waals surface area (Å²) in [4.78, 5) is 12.0. The summed E-state index contributed by atoms with van der Waals surface area (Å²) in [5.41, 5.74) is 2.60. The van der Waals surface area contributed by atoms with Gasteiger partial charge in [-0.2, -0.15) is 5.26 Å². The van der Waals surface area contributed by atoms with E-state index < -0.39 is 0 Å². The average Bonchev–Trinajstić information content (AvgIpc) is 2.42. The minimum Gasteiger partial charge on any atom is -0.321 e. The van der Waals surface area contributed by atoms with Crippen LogP contribution in [0.5, 0.6) is 0 Å². The number of rotatable bonds is 2. The van der Waals surface area contributed by atoms with E-state index in [4.69, 9.17) is 16.9 Å². The van der Waals surface area contributed by atoms with Crippen molar-refractivity contribution in [3.05, 3.63) is 64.2 Å². The summed E-state index contributed by atoms with van der Waals surface area (Å²) >= 11 is 6.05. The van der Waals surface area contributed by atoms with E-state index in [-0.39, 0.29) is 5.91 Å². The zero-order chi connectivity index (χ0) is 13.8. The molecule has 0 radical (unpaired) electrons. The topological polar surface area (TPSA) is 52.9 Å². The number of halogens is 1. The number of anilines is 1. The summed E-state index contributed by atoms with van der Waals surface area (Å²) in [6, 6.07) is 13.9. The maximum absolute atomic E-state index is 12.0. The van der Waals surface area contributed by atoms with Crippen molar-refractivity contribution in [2.45, 2.75) is 6.92 Å². The predicted octanol–water partition coefficient (Wildman–Crippen LogP) is 3.77. The van der Waals surface area contributed by atoms with Crippen LogP contribution in [0.3, 0.4) is 0 Å². The molecule has 0 aromatic heterocycles. The van der Waals surface area contributed by atoms with Gasteiger partial charge < -0.3 is 5.32 Å². The fraction of sp³-hybridized carbons (Fsp3) is 0.0667. The standard InChI is InChI=1S/C15H11ClN2O/c1-10-2-7-14(13(16)8-10)18-15(19)12-5-3-11(9-17)4-6-12/h2-8H,1H3,(H,18,19). The largest absolute Gasteiger partial charge is 0.321 e. The molecule has 0 unspecified atom stereocenters. The zero-order valence-electron chi connectivity index (χ0n) is 10.3. The van der Waals surface area contributed by atoms with Crippen LogP contribution in [0.15, 0.2) is 42.5 Å². The molecule has 0 aliphatic rings. The first-order chi connectivity index (χ1) is 9.10. The van der Waals surface area contributed by atoms with Gasteiger partial charge in [0.1, 0.15) is 0 Å². The van der Waals surface area contributed by atoms with Crippen LogP contribution in [0.1, 0.15) is 21.5 Å². The number of benzene rings is 2. The van der Waals surface area contributed by atoms with Crippen LogP contribution in [0, 0.1) is 18.3 Å². The second-order valence-electron chi connectivity index (χ2n) is 4.13. The molecule has 3 nitrogen and oxygen atoms in total. The summed E-state index contributed by atoms with van der Waals surface area (Å²) in [5.74, 6) is -0.254. The molecule has 0 heterocycles. The van der Waals surface area contributed by atoms with Gasteiger partial charge in [-0.1, -0.05) is 17.7 Å². The van der Waals surface area contributed by atoms with Gasteiger partial charge in [-0.05, 0) is 48.9 Å². The van der Waals surface area contributed by atoms with Gasteiger partial charge in [0.2, 0.25) is 0 Å². The van der Waals surface area contributed by atoms with E-state index in [2.05, 4.69) is 5.32 Å². The molecule has 4 heteroatoms. The van der Waals surface area contributed by atoms with Crippen molar-refractivity contribution in [3.8, 4) is 6.07 Å². The van der Waals surface area contributed by atoms with E-state index >= 15 is 0 Å². The maximum atomic E-state index is 12.0. The van der Waals surface area contributed by atoms with Gasteiger partial charge in [0, 0.05) is 5.56 Å². The van der Waals surface area contributed by atoms with Gasteiger partial charge in [0.25, 0.3) is 5.91 Å². The average molecular weight is 271 g/mol. The number of hydrogen-bond donors (Lipinski definition) is 1. The second kappa shape index (κ2) is 5.55. The first-order valence-corrected chi connectivity index (χ1v) is 6.05. The molecule has 2 aromatic rings. The Labute approximate surface area is 116 Å². The van der Waals surface area contributed by atoms with Crippen LogP contribution in [0.4, 0.5) is 5.69 Å². The Hall–Kier alpha value is -2.31. The highest BCUT2D eigenvalue weighted by Gasteiger charge is 2.08. The van der Waals surface area contributed by atoms with Crippen LogP contribution >= 0.6 is 11.6 Å². The lowest BCUT2D eigenvalue weighted by Gasteiger charge is -2.07. The summed E-state index contributed by atoms with van der Waals surface area (Å²) in [6.07, 6.45) is 0. The Bertz CT molecular complexity index is 657. The lowest BCUT2D eigenvalue weighted by molar-refractivity contribution is 0.102. The Balaban J connectivity index is 2.18. The molecule has 94 valence electrons. The highest BCUT2D eigenvalue weighted by Crippen LogP contribution is 2.23. The van der Waals surface area contributed by atoms with Crippen LogP contribution < -0.4 is 5.32 Å². The molecule has 0 spiro atoms. The van der Waals surface area contributed by atoms with Crippen LogP contribution in [0.2, 0.25) is 5.02 Å². The lowest BCUT2D eigenvalue weighted by atomic mass is 10.1. The van der Waals surface area contributed by atoms with Crippen molar-refractivity contribution < 1.29 is 4.79 Å². The molecule has 19 heavy (non-hydrogen) atoms. The highest BCUT2D eigenvalue weighted by molar-refractivity contribution is 6.34. The summed E-state index contributed by atoms with van der Waals surface area (Å²) < 4.78 is 0. The Morgan fingerprint density at radius 1 is 1.21 bits per heavy atom.